The number of anilines is 2. The monoisotopic (exact) mass is 402 g/mol. The molecule has 0 aliphatic carbocycles. The Hall–Kier alpha value is -3.00. The molecule has 6 nitrogen and oxygen atoms in total. The number of hydrogen-bond donors (Lipinski definition) is 2. The van der Waals surface area contributed by atoms with Crippen LogP contribution in [0.3, 0.4) is 0 Å². The summed E-state index contributed by atoms with van der Waals surface area (Å²) in [5.41, 5.74) is 0.992. The Labute approximate surface area is 168 Å². The molecule has 154 valence electrons. The molecule has 2 aromatic rings. The van der Waals surface area contributed by atoms with Crippen LogP contribution in [0.4, 0.5) is 20.2 Å². The summed E-state index contributed by atoms with van der Waals surface area (Å²) < 4.78 is 26.5. The molecule has 0 atom stereocenters. The van der Waals surface area contributed by atoms with E-state index in [1.165, 1.54) is 30.3 Å². The van der Waals surface area contributed by atoms with E-state index in [0.717, 1.165) is 38.4 Å². The third-order valence-corrected chi connectivity index (χ3v) is 4.83. The van der Waals surface area contributed by atoms with Gasteiger partial charge >= 0.3 is 11.8 Å². The lowest BCUT2D eigenvalue weighted by atomic mass is 10.2. The van der Waals surface area contributed by atoms with Crippen molar-refractivity contribution in [1.29, 1.82) is 0 Å². The van der Waals surface area contributed by atoms with Crippen LogP contribution < -0.4 is 15.5 Å². The number of halogens is 2. The van der Waals surface area contributed by atoms with E-state index >= 15 is 0 Å². The van der Waals surface area contributed by atoms with Crippen LogP contribution in [0, 0.1) is 11.6 Å². The molecule has 0 unspecified atom stereocenters. The van der Waals surface area contributed by atoms with E-state index in [4.69, 9.17) is 0 Å². The number of amides is 2. The zero-order chi connectivity index (χ0) is 20.6. The van der Waals surface area contributed by atoms with E-state index in [-0.39, 0.29) is 11.5 Å². The molecule has 1 fully saturated rings. The predicted molar refractivity (Wildman–Crippen MR) is 108 cm³/mol. The van der Waals surface area contributed by atoms with Gasteiger partial charge in [0, 0.05) is 38.4 Å². The molecule has 0 bridgehead atoms. The number of carbonyl (C=O) groups excluding carboxylic acids is 2. The summed E-state index contributed by atoms with van der Waals surface area (Å²) in [4.78, 5) is 28.2. The van der Waals surface area contributed by atoms with Gasteiger partial charge in [-0.2, -0.15) is 0 Å². The van der Waals surface area contributed by atoms with Crippen molar-refractivity contribution in [1.82, 2.24) is 10.2 Å². The first-order valence-electron chi connectivity index (χ1n) is 9.59. The minimum atomic E-state index is -0.886. The fourth-order valence-electron chi connectivity index (χ4n) is 3.21. The van der Waals surface area contributed by atoms with Crippen molar-refractivity contribution in [2.45, 2.75) is 6.42 Å². The van der Waals surface area contributed by atoms with E-state index in [9.17, 15) is 18.4 Å². The van der Waals surface area contributed by atoms with E-state index in [1.54, 1.807) is 18.2 Å². The molecule has 8 heteroatoms. The van der Waals surface area contributed by atoms with Crippen LogP contribution in [-0.4, -0.2) is 56.0 Å². The van der Waals surface area contributed by atoms with Crippen LogP contribution in [0.25, 0.3) is 0 Å². The highest BCUT2D eigenvalue weighted by molar-refractivity contribution is 6.39. The van der Waals surface area contributed by atoms with Crippen LogP contribution in [0.2, 0.25) is 0 Å². The standard InChI is InChI=1S/C21H24F2N4O2/c22-16-6-8-17(9-7-16)27-14-12-26(13-15-27)11-3-10-24-20(28)21(29)25-19-5-2-1-4-18(19)23/h1-2,4-9H,3,10-15H2,(H,24,28)(H,25,29). The second-order valence-electron chi connectivity index (χ2n) is 6.85. The van der Waals surface area contributed by atoms with Crippen LogP contribution in [0.1, 0.15) is 6.42 Å². The van der Waals surface area contributed by atoms with Crippen molar-refractivity contribution in [2.75, 3.05) is 49.5 Å². The van der Waals surface area contributed by atoms with Gasteiger partial charge in [-0.3, -0.25) is 14.5 Å². The molecular formula is C21H24F2N4O2. The number of carbonyl (C=O) groups is 2. The second kappa shape index (κ2) is 9.97. The summed E-state index contributed by atoms with van der Waals surface area (Å²) in [6.07, 6.45) is 0.704. The SMILES string of the molecule is O=C(NCCCN1CCN(c2ccc(F)cc2)CC1)C(=O)Nc1ccccc1F. The molecule has 0 spiro atoms. The number of rotatable bonds is 6. The Morgan fingerprint density at radius 2 is 1.59 bits per heavy atom. The van der Waals surface area contributed by atoms with Crippen LogP contribution >= 0.6 is 0 Å². The van der Waals surface area contributed by atoms with Crippen LogP contribution in [0.15, 0.2) is 48.5 Å². The maximum absolute atomic E-state index is 13.5. The predicted octanol–water partition coefficient (Wildman–Crippen LogP) is 2.23. The quantitative estimate of drug-likeness (QED) is 0.575. The minimum absolute atomic E-state index is 0.0216. The van der Waals surface area contributed by atoms with Gasteiger partial charge in [0.25, 0.3) is 0 Å². The first-order chi connectivity index (χ1) is 14.0. The van der Waals surface area contributed by atoms with Gasteiger partial charge in [-0.25, -0.2) is 8.78 Å². The lowest BCUT2D eigenvalue weighted by molar-refractivity contribution is -0.136. The summed E-state index contributed by atoms with van der Waals surface area (Å²) in [6, 6.07) is 12.2. The molecule has 2 N–H and O–H groups in total. The third-order valence-electron chi connectivity index (χ3n) is 4.83. The molecule has 0 aromatic heterocycles. The molecule has 0 saturated carbocycles. The van der Waals surface area contributed by atoms with Crippen molar-refractivity contribution >= 4 is 23.2 Å². The third kappa shape index (κ3) is 5.99. The second-order valence-corrected chi connectivity index (χ2v) is 6.85. The zero-order valence-corrected chi connectivity index (χ0v) is 16.0. The first-order valence-corrected chi connectivity index (χ1v) is 9.59. The average molecular weight is 402 g/mol. The molecular weight excluding hydrogens is 378 g/mol. The molecule has 0 radical (unpaired) electrons. The van der Waals surface area contributed by atoms with Gasteiger partial charge in [0.15, 0.2) is 0 Å². The fourth-order valence-corrected chi connectivity index (χ4v) is 3.21. The average Bonchev–Trinajstić information content (AvgIpc) is 2.74. The van der Waals surface area contributed by atoms with E-state index < -0.39 is 17.6 Å². The normalized spacial score (nSPS) is 14.5. The van der Waals surface area contributed by atoms with E-state index in [2.05, 4.69) is 20.4 Å². The van der Waals surface area contributed by atoms with Crippen molar-refractivity contribution in [3.63, 3.8) is 0 Å². The van der Waals surface area contributed by atoms with Gasteiger partial charge < -0.3 is 15.5 Å². The summed E-state index contributed by atoms with van der Waals surface area (Å²) in [5.74, 6) is -2.50. The summed E-state index contributed by atoms with van der Waals surface area (Å²) >= 11 is 0. The molecule has 2 amide bonds. The maximum atomic E-state index is 13.5. The lowest BCUT2D eigenvalue weighted by Crippen LogP contribution is -2.47. The van der Waals surface area contributed by atoms with Gasteiger partial charge in [0.05, 0.1) is 5.69 Å². The number of hydrogen-bond acceptors (Lipinski definition) is 4. The number of benzene rings is 2. The van der Waals surface area contributed by atoms with E-state index in [0.29, 0.717) is 13.0 Å². The highest BCUT2D eigenvalue weighted by Crippen LogP contribution is 2.17. The van der Waals surface area contributed by atoms with Crippen molar-refractivity contribution < 1.29 is 18.4 Å². The smallest absolute Gasteiger partial charge is 0.313 e. The number of nitrogens with zero attached hydrogens (tertiary/aromatic N) is 2. The van der Waals surface area contributed by atoms with Gasteiger partial charge in [0.2, 0.25) is 0 Å². The molecule has 1 saturated heterocycles. The highest BCUT2D eigenvalue weighted by Gasteiger charge is 2.18. The summed E-state index contributed by atoms with van der Waals surface area (Å²) in [7, 11) is 0. The number of piperazine rings is 1. The Kier molecular flexibility index (Phi) is 7.13. The Morgan fingerprint density at radius 1 is 0.897 bits per heavy atom. The van der Waals surface area contributed by atoms with Crippen molar-refractivity contribution in [3.8, 4) is 0 Å². The molecule has 3 rings (SSSR count). The fraction of sp³-hybridized carbons (Fsp3) is 0.333. The largest absolute Gasteiger partial charge is 0.369 e. The Balaban J connectivity index is 1.32. The highest BCUT2D eigenvalue weighted by atomic mass is 19.1. The van der Waals surface area contributed by atoms with Crippen molar-refractivity contribution in [2.24, 2.45) is 0 Å². The molecule has 2 aromatic carbocycles. The zero-order valence-electron chi connectivity index (χ0n) is 16.0. The summed E-state index contributed by atoms with van der Waals surface area (Å²) in [6.45, 7) is 4.61. The topological polar surface area (TPSA) is 64.7 Å². The van der Waals surface area contributed by atoms with E-state index in [1.807, 2.05) is 0 Å². The maximum Gasteiger partial charge on any atom is 0.313 e. The Morgan fingerprint density at radius 3 is 2.28 bits per heavy atom. The summed E-state index contributed by atoms with van der Waals surface area (Å²) in [5, 5.41) is 4.81. The number of para-hydroxylation sites is 1. The van der Waals surface area contributed by atoms with Crippen molar-refractivity contribution in [3.05, 3.63) is 60.2 Å². The molecule has 1 aliphatic rings. The first kappa shape index (κ1) is 20.7. The van der Waals surface area contributed by atoms with Crippen LogP contribution in [-0.2, 0) is 9.59 Å². The lowest BCUT2D eigenvalue weighted by Gasteiger charge is -2.36. The van der Waals surface area contributed by atoms with Gasteiger partial charge in [-0.05, 0) is 49.4 Å². The number of nitrogens with one attached hydrogen (secondary N) is 2. The Bertz CT molecular complexity index is 837. The molecule has 1 aliphatic heterocycles. The van der Waals surface area contributed by atoms with Crippen LogP contribution in [0.5, 0.6) is 0 Å². The molecule has 29 heavy (non-hydrogen) atoms. The minimum Gasteiger partial charge on any atom is -0.369 e. The van der Waals surface area contributed by atoms with Gasteiger partial charge in [0.1, 0.15) is 11.6 Å². The van der Waals surface area contributed by atoms with Gasteiger partial charge in [-0.15, -0.1) is 0 Å². The van der Waals surface area contributed by atoms with Gasteiger partial charge in [-0.1, -0.05) is 12.1 Å². The molecule has 1 heterocycles.